The van der Waals surface area contributed by atoms with Crippen LogP contribution in [0.2, 0.25) is 0 Å². The molecule has 1 unspecified atom stereocenters. The molecule has 0 saturated carbocycles. The molecule has 0 bridgehead atoms. The molecule has 8 nitrogen and oxygen atoms in total. The molecule has 0 aromatic heterocycles. The predicted molar refractivity (Wildman–Crippen MR) is 118 cm³/mol. The quantitative estimate of drug-likeness (QED) is 0.568. The van der Waals surface area contributed by atoms with Crippen LogP contribution in [0, 0.1) is 5.92 Å². The predicted octanol–water partition coefficient (Wildman–Crippen LogP) is 2.31. The molecule has 0 radical (unpaired) electrons. The van der Waals surface area contributed by atoms with Crippen molar-refractivity contribution in [2.24, 2.45) is 5.92 Å². The van der Waals surface area contributed by atoms with Crippen LogP contribution in [0.4, 0.5) is 5.69 Å². The first kappa shape index (κ1) is 23.2. The minimum absolute atomic E-state index is 0.0116. The molecule has 1 atom stereocenters. The van der Waals surface area contributed by atoms with Gasteiger partial charge in [-0.25, -0.2) is 25.9 Å². The molecule has 2 aromatic carbocycles. The number of hydrogen-bond acceptors (Lipinski definition) is 6. The van der Waals surface area contributed by atoms with Crippen molar-refractivity contribution in [2.45, 2.75) is 31.6 Å². The number of hydrogen-bond donors (Lipinski definition) is 1. The number of amides is 1. The number of anilines is 1. The first-order valence-corrected chi connectivity index (χ1v) is 13.1. The van der Waals surface area contributed by atoms with E-state index in [4.69, 9.17) is 4.74 Å². The van der Waals surface area contributed by atoms with Gasteiger partial charge in [0, 0.05) is 6.54 Å². The number of sulfonamides is 2. The molecule has 1 N–H and O–H groups in total. The number of carbonyl (C=O) groups is 1. The minimum Gasteiger partial charge on any atom is -0.492 e. The number of nitrogens with one attached hydrogen (secondary N) is 1. The van der Waals surface area contributed by atoms with Crippen molar-refractivity contribution in [3.05, 3.63) is 54.1 Å². The second-order valence-corrected chi connectivity index (χ2v) is 10.9. The zero-order chi connectivity index (χ0) is 22.6. The maximum atomic E-state index is 13.0. The Morgan fingerprint density at radius 3 is 2.48 bits per heavy atom. The van der Waals surface area contributed by atoms with Crippen molar-refractivity contribution in [1.29, 1.82) is 0 Å². The van der Waals surface area contributed by atoms with Crippen LogP contribution < -0.4 is 13.8 Å². The Morgan fingerprint density at radius 2 is 1.87 bits per heavy atom. The molecule has 31 heavy (non-hydrogen) atoms. The highest BCUT2D eigenvalue weighted by molar-refractivity contribution is 7.94. The summed E-state index contributed by atoms with van der Waals surface area (Å²) in [5.41, 5.74) is 1.09. The van der Waals surface area contributed by atoms with E-state index in [1.807, 2.05) is 30.3 Å². The molecular formula is C21H26N2O6S2. The van der Waals surface area contributed by atoms with Crippen LogP contribution in [-0.4, -0.2) is 41.6 Å². The molecule has 3 rings (SSSR count). The SMILES string of the molecule is CCOc1ccc(N2C(=O)C(C)CS2(=O)=O)cc1S(=O)(=O)NCCCc1ccccc1. The minimum atomic E-state index is -4.00. The summed E-state index contributed by atoms with van der Waals surface area (Å²) in [7, 11) is -7.85. The molecule has 1 aliphatic heterocycles. The number of ether oxygens (including phenoxy) is 1. The molecular weight excluding hydrogens is 440 g/mol. The third-order valence-electron chi connectivity index (χ3n) is 4.89. The lowest BCUT2D eigenvalue weighted by molar-refractivity contribution is -0.119. The van der Waals surface area contributed by atoms with E-state index >= 15 is 0 Å². The van der Waals surface area contributed by atoms with Crippen molar-refractivity contribution in [1.82, 2.24) is 4.72 Å². The molecule has 10 heteroatoms. The number of benzene rings is 2. The van der Waals surface area contributed by atoms with Gasteiger partial charge in [0.2, 0.25) is 26.0 Å². The summed E-state index contributed by atoms with van der Waals surface area (Å²) in [6.07, 6.45) is 1.30. The van der Waals surface area contributed by atoms with E-state index < -0.39 is 31.9 Å². The highest BCUT2D eigenvalue weighted by Crippen LogP contribution is 2.34. The van der Waals surface area contributed by atoms with E-state index in [0.29, 0.717) is 17.1 Å². The molecule has 1 fully saturated rings. The fraction of sp³-hybridized carbons (Fsp3) is 0.381. The van der Waals surface area contributed by atoms with Crippen LogP contribution in [0.5, 0.6) is 5.75 Å². The van der Waals surface area contributed by atoms with Gasteiger partial charge >= 0.3 is 0 Å². The maximum Gasteiger partial charge on any atom is 0.244 e. The fourth-order valence-corrected chi connectivity index (χ4v) is 6.46. The van der Waals surface area contributed by atoms with Crippen LogP contribution in [0.15, 0.2) is 53.4 Å². The van der Waals surface area contributed by atoms with Crippen molar-refractivity contribution in [3.8, 4) is 5.75 Å². The molecule has 1 heterocycles. The molecule has 168 valence electrons. The van der Waals surface area contributed by atoms with E-state index in [2.05, 4.69) is 4.72 Å². The van der Waals surface area contributed by atoms with Gasteiger partial charge in [0.05, 0.1) is 24.0 Å². The zero-order valence-electron chi connectivity index (χ0n) is 17.4. The molecule has 1 aliphatic rings. The van der Waals surface area contributed by atoms with Crippen molar-refractivity contribution in [2.75, 3.05) is 23.2 Å². The summed E-state index contributed by atoms with van der Waals surface area (Å²) >= 11 is 0. The van der Waals surface area contributed by atoms with Gasteiger partial charge in [-0.15, -0.1) is 0 Å². The van der Waals surface area contributed by atoms with Gasteiger partial charge in [-0.1, -0.05) is 37.3 Å². The van der Waals surface area contributed by atoms with Gasteiger partial charge < -0.3 is 4.74 Å². The maximum absolute atomic E-state index is 13.0. The average molecular weight is 467 g/mol. The third kappa shape index (κ3) is 5.25. The number of nitrogens with zero attached hydrogens (tertiary/aromatic N) is 1. The topological polar surface area (TPSA) is 110 Å². The first-order chi connectivity index (χ1) is 14.7. The Kier molecular flexibility index (Phi) is 7.03. The number of carbonyl (C=O) groups excluding carboxylic acids is 1. The molecule has 0 aliphatic carbocycles. The molecule has 1 amide bonds. The second kappa shape index (κ2) is 9.37. The Hall–Kier alpha value is -2.43. The zero-order valence-corrected chi connectivity index (χ0v) is 19.1. The molecule has 2 aromatic rings. The van der Waals surface area contributed by atoms with Crippen LogP contribution in [-0.2, 0) is 31.3 Å². The van der Waals surface area contributed by atoms with E-state index in [-0.39, 0.29) is 35.2 Å². The largest absolute Gasteiger partial charge is 0.492 e. The third-order valence-corrected chi connectivity index (χ3v) is 8.24. The van der Waals surface area contributed by atoms with Gasteiger partial charge in [0.1, 0.15) is 10.6 Å². The fourth-order valence-electron chi connectivity index (χ4n) is 3.42. The molecule has 0 spiro atoms. The highest BCUT2D eigenvalue weighted by atomic mass is 32.2. The lowest BCUT2D eigenvalue weighted by Gasteiger charge is -2.18. The van der Waals surface area contributed by atoms with Gasteiger partial charge in [0.25, 0.3) is 0 Å². The van der Waals surface area contributed by atoms with Gasteiger partial charge in [-0.2, -0.15) is 0 Å². The summed E-state index contributed by atoms with van der Waals surface area (Å²) in [6.45, 7) is 3.67. The Balaban J connectivity index is 1.84. The van der Waals surface area contributed by atoms with Crippen molar-refractivity contribution >= 4 is 31.6 Å². The second-order valence-electron chi connectivity index (χ2n) is 7.33. The standard InChI is InChI=1S/C21H26N2O6S2/c1-3-29-19-12-11-18(23-21(24)16(2)15-30(23,25)26)14-20(19)31(27,28)22-13-7-10-17-8-5-4-6-9-17/h4-6,8-9,11-12,14,16,22H,3,7,10,13,15H2,1-2H3. The highest BCUT2D eigenvalue weighted by Gasteiger charge is 2.42. The summed E-state index contributed by atoms with van der Waals surface area (Å²) in [6, 6.07) is 13.6. The van der Waals surface area contributed by atoms with Crippen molar-refractivity contribution in [3.63, 3.8) is 0 Å². The van der Waals surface area contributed by atoms with E-state index in [1.54, 1.807) is 6.92 Å². The van der Waals surface area contributed by atoms with Crippen LogP contribution >= 0.6 is 0 Å². The number of aryl methyl sites for hydroxylation is 1. The molecule has 1 saturated heterocycles. The lowest BCUT2D eigenvalue weighted by Crippen LogP contribution is -2.31. The van der Waals surface area contributed by atoms with Crippen LogP contribution in [0.25, 0.3) is 0 Å². The van der Waals surface area contributed by atoms with Gasteiger partial charge in [0.15, 0.2) is 0 Å². The van der Waals surface area contributed by atoms with E-state index in [9.17, 15) is 21.6 Å². The van der Waals surface area contributed by atoms with Crippen molar-refractivity contribution < 1.29 is 26.4 Å². The van der Waals surface area contributed by atoms with E-state index in [1.165, 1.54) is 25.1 Å². The monoisotopic (exact) mass is 466 g/mol. The van der Waals surface area contributed by atoms with Crippen LogP contribution in [0.3, 0.4) is 0 Å². The van der Waals surface area contributed by atoms with Gasteiger partial charge in [-0.05, 0) is 43.5 Å². The Morgan fingerprint density at radius 1 is 1.16 bits per heavy atom. The van der Waals surface area contributed by atoms with Crippen LogP contribution in [0.1, 0.15) is 25.8 Å². The lowest BCUT2D eigenvalue weighted by atomic mass is 10.1. The normalized spacial score (nSPS) is 18.3. The summed E-state index contributed by atoms with van der Waals surface area (Å²) in [4.78, 5) is 12.2. The average Bonchev–Trinajstić information content (AvgIpc) is 2.93. The summed E-state index contributed by atoms with van der Waals surface area (Å²) < 4.78 is 59.4. The Labute approximate surface area is 183 Å². The first-order valence-electron chi connectivity index (χ1n) is 10.0. The number of rotatable bonds is 9. The summed E-state index contributed by atoms with van der Waals surface area (Å²) in [5, 5.41) is 0. The smallest absolute Gasteiger partial charge is 0.244 e. The van der Waals surface area contributed by atoms with E-state index in [0.717, 1.165) is 5.56 Å². The summed E-state index contributed by atoms with van der Waals surface area (Å²) in [5.74, 6) is -1.48. The Bertz CT molecular complexity index is 1150. The van der Waals surface area contributed by atoms with Gasteiger partial charge in [-0.3, -0.25) is 4.79 Å².